The highest BCUT2D eigenvalue weighted by Crippen LogP contribution is 2.35. The van der Waals surface area contributed by atoms with Crippen molar-refractivity contribution in [2.45, 2.75) is 19.4 Å². The maximum Gasteiger partial charge on any atom is 0.251 e. The predicted octanol–water partition coefficient (Wildman–Crippen LogP) is 4.42. The van der Waals surface area contributed by atoms with Crippen LogP contribution in [0.4, 0.5) is 17.3 Å². The minimum atomic E-state index is -0.0822. The van der Waals surface area contributed by atoms with Crippen LogP contribution in [-0.4, -0.2) is 55.3 Å². The van der Waals surface area contributed by atoms with Gasteiger partial charge in [0.05, 0.1) is 36.2 Å². The van der Waals surface area contributed by atoms with Gasteiger partial charge < -0.3 is 25.0 Å². The summed E-state index contributed by atoms with van der Waals surface area (Å²) in [6, 6.07) is 13.2. The SMILES string of the molecule is O=C1NCCCCOCc2cc(cc(Cl)c2N2CCOCC2)Nc2nccc(n2)-c2ccc1cc2. The van der Waals surface area contributed by atoms with Crippen molar-refractivity contribution in [3.8, 4) is 11.3 Å². The second kappa shape index (κ2) is 11.0. The number of benzene rings is 2. The zero-order valence-electron chi connectivity index (χ0n) is 19.4. The number of amides is 1. The van der Waals surface area contributed by atoms with Gasteiger partial charge in [-0.15, -0.1) is 0 Å². The zero-order valence-corrected chi connectivity index (χ0v) is 20.2. The van der Waals surface area contributed by atoms with E-state index in [-0.39, 0.29) is 5.91 Å². The van der Waals surface area contributed by atoms with Crippen LogP contribution in [0.15, 0.2) is 48.7 Å². The molecular weight excluding hydrogens is 466 g/mol. The molecule has 0 atom stereocenters. The number of nitrogens with zero attached hydrogens (tertiary/aromatic N) is 3. The van der Waals surface area contributed by atoms with Crippen molar-refractivity contribution in [3.63, 3.8) is 0 Å². The number of anilines is 3. The van der Waals surface area contributed by atoms with E-state index in [0.29, 0.717) is 49.5 Å². The van der Waals surface area contributed by atoms with E-state index in [2.05, 4.69) is 31.6 Å². The number of fused-ring (bicyclic) bond motifs is 9. The third-order valence-electron chi connectivity index (χ3n) is 6.08. The van der Waals surface area contributed by atoms with E-state index >= 15 is 0 Å². The summed E-state index contributed by atoms with van der Waals surface area (Å²) in [7, 11) is 0. The predicted molar refractivity (Wildman–Crippen MR) is 136 cm³/mol. The number of rotatable bonds is 1. The van der Waals surface area contributed by atoms with E-state index in [1.807, 2.05) is 36.4 Å². The highest BCUT2D eigenvalue weighted by Gasteiger charge is 2.20. The van der Waals surface area contributed by atoms with Crippen molar-refractivity contribution in [2.75, 3.05) is 49.7 Å². The number of hydrogen-bond donors (Lipinski definition) is 2. The molecule has 3 aromatic rings. The van der Waals surface area contributed by atoms with Gasteiger partial charge in [-0.1, -0.05) is 23.7 Å². The number of aromatic nitrogens is 2. The molecule has 182 valence electrons. The summed E-state index contributed by atoms with van der Waals surface area (Å²) in [6.45, 7) is 4.52. The van der Waals surface area contributed by atoms with Gasteiger partial charge in [0.1, 0.15) is 0 Å². The average Bonchev–Trinajstić information content (AvgIpc) is 2.88. The Hall–Kier alpha value is -3.20. The first-order valence-corrected chi connectivity index (χ1v) is 12.3. The molecule has 6 rings (SSSR count). The number of hydrogen-bond acceptors (Lipinski definition) is 7. The lowest BCUT2D eigenvalue weighted by Crippen LogP contribution is -2.37. The van der Waals surface area contributed by atoms with Crippen LogP contribution in [0.1, 0.15) is 28.8 Å². The maximum absolute atomic E-state index is 12.5. The lowest BCUT2D eigenvalue weighted by molar-refractivity contribution is 0.0946. The summed E-state index contributed by atoms with van der Waals surface area (Å²) in [6.07, 6.45) is 3.39. The molecule has 2 aromatic carbocycles. The third kappa shape index (κ3) is 5.73. The summed E-state index contributed by atoms with van der Waals surface area (Å²) < 4.78 is 11.5. The maximum atomic E-state index is 12.5. The average molecular weight is 494 g/mol. The van der Waals surface area contributed by atoms with Crippen molar-refractivity contribution in [2.24, 2.45) is 0 Å². The number of carbonyl (C=O) groups excluding carboxylic acids is 1. The fraction of sp³-hybridized carbons (Fsp3) is 0.346. The minimum Gasteiger partial charge on any atom is -0.378 e. The molecule has 3 aliphatic heterocycles. The molecule has 1 aromatic heterocycles. The lowest BCUT2D eigenvalue weighted by Gasteiger charge is -2.31. The Bertz CT molecular complexity index is 1180. The number of ether oxygens (including phenoxy) is 2. The number of morpholine rings is 1. The van der Waals surface area contributed by atoms with Crippen LogP contribution in [0.5, 0.6) is 0 Å². The van der Waals surface area contributed by atoms with Gasteiger partial charge in [-0.05, 0) is 43.2 Å². The minimum absolute atomic E-state index is 0.0822. The van der Waals surface area contributed by atoms with Crippen molar-refractivity contribution < 1.29 is 14.3 Å². The van der Waals surface area contributed by atoms with Crippen LogP contribution in [0.2, 0.25) is 5.02 Å². The number of carbonyl (C=O) groups is 1. The van der Waals surface area contributed by atoms with Crippen LogP contribution in [0, 0.1) is 0 Å². The second-order valence-corrected chi connectivity index (χ2v) is 8.96. The lowest BCUT2D eigenvalue weighted by atomic mass is 10.1. The van der Waals surface area contributed by atoms with Crippen molar-refractivity contribution in [1.82, 2.24) is 15.3 Å². The second-order valence-electron chi connectivity index (χ2n) is 8.55. The van der Waals surface area contributed by atoms with Gasteiger partial charge in [-0.25, -0.2) is 9.97 Å². The van der Waals surface area contributed by atoms with Crippen LogP contribution in [0.3, 0.4) is 0 Å². The quantitative estimate of drug-likeness (QED) is 0.518. The van der Waals surface area contributed by atoms with Crippen molar-refractivity contribution in [1.29, 1.82) is 0 Å². The molecule has 0 radical (unpaired) electrons. The van der Waals surface area contributed by atoms with E-state index in [1.54, 1.807) is 6.20 Å². The number of nitrogens with one attached hydrogen (secondary N) is 2. The molecule has 4 heterocycles. The van der Waals surface area contributed by atoms with Crippen molar-refractivity contribution >= 4 is 34.8 Å². The van der Waals surface area contributed by atoms with Gasteiger partial charge in [0, 0.05) is 54.8 Å². The summed E-state index contributed by atoms with van der Waals surface area (Å²) in [5, 5.41) is 6.92. The highest BCUT2D eigenvalue weighted by atomic mass is 35.5. The van der Waals surface area contributed by atoms with Gasteiger partial charge in [-0.3, -0.25) is 4.79 Å². The first kappa shape index (κ1) is 23.5. The Labute approximate surface area is 209 Å². The topological polar surface area (TPSA) is 88.6 Å². The molecule has 3 aliphatic rings. The van der Waals surface area contributed by atoms with Crippen molar-refractivity contribution in [3.05, 3.63) is 64.8 Å². The van der Waals surface area contributed by atoms with E-state index < -0.39 is 0 Å². The summed E-state index contributed by atoms with van der Waals surface area (Å²) in [5.41, 5.74) is 5.06. The highest BCUT2D eigenvalue weighted by molar-refractivity contribution is 6.33. The molecule has 6 bridgehead atoms. The molecule has 1 amide bonds. The van der Waals surface area contributed by atoms with Gasteiger partial charge in [-0.2, -0.15) is 0 Å². The largest absolute Gasteiger partial charge is 0.378 e. The summed E-state index contributed by atoms with van der Waals surface area (Å²) in [5.74, 6) is 0.380. The van der Waals surface area contributed by atoms with Crippen LogP contribution < -0.4 is 15.5 Å². The zero-order chi connectivity index (χ0) is 24.0. The van der Waals surface area contributed by atoms with E-state index in [4.69, 9.17) is 21.1 Å². The summed E-state index contributed by atoms with van der Waals surface area (Å²) >= 11 is 6.80. The van der Waals surface area contributed by atoms with Crippen LogP contribution >= 0.6 is 11.6 Å². The molecule has 9 heteroatoms. The monoisotopic (exact) mass is 493 g/mol. The molecule has 0 spiro atoms. The van der Waals surface area contributed by atoms with Gasteiger partial charge in [0.15, 0.2) is 0 Å². The van der Waals surface area contributed by atoms with E-state index in [1.165, 1.54) is 0 Å². The van der Waals surface area contributed by atoms with Crippen LogP contribution in [0.25, 0.3) is 11.3 Å². The standard InChI is InChI=1S/C26H28ClN5O3/c27-22-16-21-15-20(24(22)32-10-13-34-14-11-32)17-35-12-2-1-8-28-25(33)19-5-3-18(4-6-19)23-7-9-29-26(30-21)31-23/h3-7,9,15-16H,1-2,8,10-14,17H2,(H,28,33)(H,29,30,31). The Morgan fingerprint density at radius 1 is 0.943 bits per heavy atom. The molecule has 35 heavy (non-hydrogen) atoms. The molecule has 0 unspecified atom stereocenters. The molecule has 0 saturated carbocycles. The Morgan fingerprint density at radius 3 is 2.57 bits per heavy atom. The molecule has 8 nitrogen and oxygen atoms in total. The first-order valence-electron chi connectivity index (χ1n) is 11.9. The van der Waals surface area contributed by atoms with E-state index in [0.717, 1.165) is 54.1 Å². The Balaban J connectivity index is 1.48. The van der Waals surface area contributed by atoms with Gasteiger partial charge >= 0.3 is 0 Å². The molecule has 0 aliphatic carbocycles. The van der Waals surface area contributed by atoms with Gasteiger partial charge in [0.25, 0.3) is 5.91 Å². The normalized spacial score (nSPS) is 17.1. The Morgan fingerprint density at radius 2 is 1.74 bits per heavy atom. The van der Waals surface area contributed by atoms with E-state index in [9.17, 15) is 4.79 Å². The molecule has 2 N–H and O–H groups in total. The smallest absolute Gasteiger partial charge is 0.251 e. The fourth-order valence-electron chi connectivity index (χ4n) is 4.30. The number of halogens is 1. The van der Waals surface area contributed by atoms with Gasteiger partial charge in [0.2, 0.25) is 5.95 Å². The third-order valence-corrected chi connectivity index (χ3v) is 6.37. The molecule has 1 fully saturated rings. The molecular formula is C26H28ClN5O3. The fourth-order valence-corrected chi connectivity index (χ4v) is 4.65. The summed E-state index contributed by atoms with van der Waals surface area (Å²) in [4.78, 5) is 23.8. The first-order chi connectivity index (χ1) is 17.2. The molecule has 1 saturated heterocycles. The van der Waals surface area contributed by atoms with Crippen LogP contribution in [-0.2, 0) is 16.1 Å². The Kier molecular flexibility index (Phi) is 7.42.